The molecule has 0 atom stereocenters. The molecule has 0 aliphatic carbocycles. The van der Waals surface area contributed by atoms with E-state index >= 15 is 0 Å². The van der Waals surface area contributed by atoms with Gasteiger partial charge in [0, 0.05) is 11.1 Å². The molecule has 8 N–H and O–H groups in total. The third-order valence-corrected chi connectivity index (χ3v) is 2.49. The van der Waals surface area contributed by atoms with Crippen LogP contribution in [0, 0.1) is 0 Å². The van der Waals surface area contributed by atoms with Gasteiger partial charge in [-0.15, -0.1) is 0 Å². The largest absolute Gasteiger partial charge is 0.508 e. The summed E-state index contributed by atoms with van der Waals surface area (Å²) in [5.74, 6) is -4.36. The quantitative estimate of drug-likeness (QED) is 0.403. The van der Waals surface area contributed by atoms with Crippen molar-refractivity contribution < 1.29 is 39.6 Å². The van der Waals surface area contributed by atoms with Crippen LogP contribution in [0.2, 0.25) is 0 Å². The SMILES string of the molecule is NC(=O)c1ccc(O)cc1.NC(=O)c1ccc(O)cc1.O=C(O)C(=O)O. The maximum Gasteiger partial charge on any atom is 0.414 e. The predicted octanol–water partition coefficient (Wildman–Crippen LogP) is 0.138. The summed E-state index contributed by atoms with van der Waals surface area (Å²) in [6.07, 6.45) is 0. The lowest BCUT2D eigenvalue weighted by Gasteiger charge is -1.93. The Morgan fingerprint density at radius 2 is 0.808 bits per heavy atom. The molecule has 2 amide bonds. The highest BCUT2D eigenvalue weighted by Crippen LogP contribution is 2.09. The van der Waals surface area contributed by atoms with Gasteiger partial charge in [0.25, 0.3) is 0 Å². The number of aromatic hydroxyl groups is 2. The minimum Gasteiger partial charge on any atom is -0.508 e. The Kier molecular flexibility index (Phi) is 8.98. The number of carbonyl (C=O) groups is 4. The van der Waals surface area contributed by atoms with E-state index < -0.39 is 23.8 Å². The van der Waals surface area contributed by atoms with E-state index in [0.717, 1.165) is 0 Å². The number of phenolic OH excluding ortho intramolecular Hbond substituents is 2. The minimum atomic E-state index is -1.82. The van der Waals surface area contributed by atoms with E-state index in [1.54, 1.807) is 0 Å². The molecule has 0 radical (unpaired) electrons. The molecule has 0 aliphatic rings. The number of hydrogen-bond donors (Lipinski definition) is 6. The van der Waals surface area contributed by atoms with Crippen LogP contribution < -0.4 is 11.5 Å². The number of rotatable bonds is 2. The first-order valence-electron chi connectivity index (χ1n) is 6.68. The normalized spacial score (nSPS) is 8.77. The zero-order valence-corrected chi connectivity index (χ0v) is 13.2. The van der Waals surface area contributed by atoms with E-state index in [0.29, 0.717) is 11.1 Å². The monoisotopic (exact) mass is 364 g/mol. The smallest absolute Gasteiger partial charge is 0.414 e. The van der Waals surface area contributed by atoms with E-state index in [1.807, 2.05) is 0 Å². The molecule has 0 bridgehead atoms. The van der Waals surface area contributed by atoms with Crippen LogP contribution in [-0.4, -0.2) is 44.2 Å². The van der Waals surface area contributed by atoms with Crippen LogP contribution in [-0.2, 0) is 9.59 Å². The maximum absolute atomic E-state index is 10.5. The van der Waals surface area contributed by atoms with Crippen molar-refractivity contribution in [2.24, 2.45) is 11.5 Å². The molecule has 0 saturated heterocycles. The van der Waals surface area contributed by atoms with E-state index in [-0.39, 0.29) is 11.5 Å². The van der Waals surface area contributed by atoms with Crippen LogP contribution in [0.3, 0.4) is 0 Å². The zero-order chi connectivity index (χ0) is 20.3. The molecule has 2 aromatic carbocycles. The fourth-order valence-corrected chi connectivity index (χ4v) is 1.25. The zero-order valence-electron chi connectivity index (χ0n) is 13.2. The second-order valence-electron chi connectivity index (χ2n) is 4.43. The summed E-state index contributed by atoms with van der Waals surface area (Å²) in [6.45, 7) is 0. The molecule has 10 nitrogen and oxygen atoms in total. The maximum atomic E-state index is 10.5. The lowest BCUT2D eigenvalue weighted by Crippen LogP contribution is -2.10. The van der Waals surface area contributed by atoms with Crippen LogP contribution >= 0.6 is 0 Å². The van der Waals surface area contributed by atoms with Crippen LogP contribution in [0.25, 0.3) is 0 Å². The van der Waals surface area contributed by atoms with Crippen molar-refractivity contribution in [1.82, 2.24) is 0 Å². The Morgan fingerprint density at radius 3 is 0.962 bits per heavy atom. The first kappa shape index (κ1) is 21.9. The van der Waals surface area contributed by atoms with Gasteiger partial charge < -0.3 is 31.9 Å². The molecule has 2 rings (SSSR count). The van der Waals surface area contributed by atoms with Crippen LogP contribution in [0.5, 0.6) is 11.5 Å². The molecule has 0 fully saturated rings. The fraction of sp³-hybridized carbons (Fsp3) is 0. The first-order chi connectivity index (χ1) is 12.0. The van der Waals surface area contributed by atoms with Crippen molar-refractivity contribution in [3.63, 3.8) is 0 Å². The van der Waals surface area contributed by atoms with Crippen molar-refractivity contribution in [3.05, 3.63) is 59.7 Å². The average Bonchev–Trinajstić information content (AvgIpc) is 2.56. The van der Waals surface area contributed by atoms with E-state index in [2.05, 4.69) is 0 Å². The van der Waals surface area contributed by atoms with E-state index in [9.17, 15) is 9.59 Å². The topological polar surface area (TPSA) is 201 Å². The highest BCUT2D eigenvalue weighted by Gasteiger charge is 2.04. The number of primary amides is 2. The van der Waals surface area contributed by atoms with Crippen molar-refractivity contribution in [2.45, 2.75) is 0 Å². The van der Waals surface area contributed by atoms with Crippen LogP contribution in [0.1, 0.15) is 20.7 Å². The molecule has 138 valence electrons. The Hall–Kier alpha value is -4.08. The second-order valence-corrected chi connectivity index (χ2v) is 4.43. The van der Waals surface area contributed by atoms with Gasteiger partial charge in [0.1, 0.15) is 11.5 Å². The van der Waals surface area contributed by atoms with Gasteiger partial charge in [-0.2, -0.15) is 0 Å². The average molecular weight is 364 g/mol. The Morgan fingerprint density at radius 1 is 0.577 bits per heavy atom. The van der Waals surface area contributed by atoms with Gasteiger partial charge in [0.2, 0.25) is 11.8 Å². The summed E-state index contributed by atoms with van der Waals surface area (Å²) >= 11 is 0. The van der Waals surface area contributed by atoms with Crippen molar-refractivity contribution >= 4 is 23.8 Å². The minimum absolute atomic E-state index is 0.130. The molecule has 0 unspecified atom stereocenters. The number of carboxylic acid groups (broad SMARTS) is 2. The number of aliphatic carboxylic acids is 2. The van der Waals surface area contributed by atoms with Gasteiger partial charge in [-0.3, -0.25) is 9.59 Å². The number of benzene rings is 2. The van der Waals surface area contributed by atoms with Crippen LogP contribution in [0.15, 0.2) is 48.5 Å². The lowest BCUT2D eigenvalue weighted by atomic mass is 10.2. The molecule has 2 aromatic rings. The number of carboxylic acids is 2. The molecule has 0 aromatic heterocycles. The van der Waals surface area contributed by atoms with Gasteiger partial charge in [0.15, 0.2) is 0 Å². The summed E-state index contributed by atoms with van der Waals surface area (Å²) < 4.78 is 0. The van der Waals surface area contributed by atoms with Gasteiger partial charge in [-0.25, -0.2) is 9.59 Å². The summed E-state index contributed by atoms with van der Waals surface area (Å²) in [6, 6.07) is 11.5. The second kappa shape index (κ2) is 10.6. The summed E-state index contributed by atoms with van der Waals surface area (Å²) in [7, 11) is 0. The Balaban J connectivity index is 0.000000375. The lowest BCUT2D eigenvalue weighted by molar-refractivity contribution is -0.159. The summed E-state index contributed by atoms with van der Waals surface area (Å²) in [4.78, 5) is 39.1. The Bertz CT molecular complexity index is 702. The first-order valence-corrected chi connectivity index (χ1v) is 6.68. The Labute approximate surface area is 146 Å². The van der Waals surface area contributed by atoms with Gasteiger partial charge in [0.05, 0.1) is 0 Å². The molecule has 0 saturated carbocycles. The third kappa shape index (κ3) is 9.15. The third-order valence-electron chi connectivity index (χ3n) is 2.49. The number of carbonyl (C=O) groups excluding carboxylic acids is 2. The summed E-state index contributed by atoms with van der Waals surface area (Å²) in [5, 5.41) is 32.4. The molecule has 0 spiro atoms. The molecule has 10 heteroatoms. The van der Waals surface area contributed by atoms with Gasteiger partial charge in [-0.1, -0.05) is 0 Å². The molecular weight excluding hydrogens is 348 g/mol. The fourth-order valence-electron chi connectivity index (χ4n) is 1.25. The number of hydrogen-bond acceptors (Lipinski definition) is 6. The number of phenols is 2. The molecule has 26 heavy (non-hydrogen) atoms. The van der Waals surface area contributed by atoms with Crippen molar-refractivity contribution in [1.29, 1.82) is 0 Å². The highest BCUT2D eigenvalue weighted by molar-refractivity contribution is 6.27. The van der Waals surface area contributed by atoms with Gasteiger partial charge in [-0.05, 0) is 48.5 Å². The number of nitrogens with two attached hydrogens (primary N) is 2. The highest BCUT2D eigenvalue weighted by atomic mass is 16.4. The van der Waals surface area contributed by atoms with Crippen LogP contribution in [0.4, 0.5) is 0 Å². The molecule has 0 aliphatic heterocycles. The number of amides is 2. The standard InChI is InChI=1S/2C7H7NO2.C2H2O4/c2*8-7(10)5-1-3-6(9)4-2-5;3-1(4)2(5)6/h2*1-4,9H,(H2,8,10);(H,3,4)(H,5,6). The van der Waals surface area contributed by atoms with E-state index in [4.69, 9.17) is 41.5 Å². The van der Waals surface area contributed by atoms with Crippen molar-refractivity contribution in [2.75, 3.05) is 0 Å². The van der Waals surface area contributed by atoms with Gasteiger partial charge >= 0.3 is 11.9 Å². The molecular formula is C16H16N2O8. The van der Waals surface area contributed by atoms with E-state index in [1.165, 1.54) is 48.5 Å². The van der Waals surface area contributed by atoms with Crippen molar-refractivity contribution in [3.8, 4) is 11.5 Å². The summed E-state index contributed by atoms with van der Waals surface area (Å²) in [5.41, 5.74) is 10.7. The predicted molar refractivity (Wildman–Crippen MR) is 88.5 cm³/mol. The molecule has 0 heterocycles.